The highest BCUT2D eigenvalue weighted by Crippen LogP contribution is 2.42. The van der Waals surface area contributed by atoms with Gasteiger partial charge in [-0.25, -0.2) is 0 Å². The summed E-state index contributed by atoms with van der Waals surface area (Å²) in [5, 5.41) is 0. The van der Waals surface area contributed by atoms with Crippen molar-refractivity contribution in [3.63, 3.8) is 0 Å². The molecule has 0 bridgehead atoms. The van der Waals surface area contributed by atoms with Gasteiger partial charge in [0, 0.05) is 12.2 Å². The highest BCUT2D eigenvalue weighted by Gasteiger charge is 2.40. The van der Waals surface area contributed by atoms with Crippen LogP contribution in [0.2, 0.25) is 0 Å². The van der Waals surface area contributed by atoms with Gasteiger partial charge in [-0.3, -0.25) is 0 Å². The molecular weight excluding hydrogens is 250 g/mol. The standard InChI is InChI=1S/C17H27NO2/c1-3-19-15-11-7-6-10-14(15)16(18)17(20-4-2)12-8-5-9-13-17/h6-7,10-11,16H,3-5,8-9,12-13,18H2,1-2H3. The van der Waals surface area contributed by atoms with Crippen LogP contribution in [-0.2, 0) is 4.74 Å². The van der Waals surface area contributed by atoms with Crippen molar-refractivity contribution < 1.29 is 9.47 Å². The number of hydrogen-bond donors (Lipinski definition) is 1. The van der Waals surface area contributed by atoms with Crippen molar-refractivity contribution in [1.29, 1.82) is 0 Å². The summed E-state index contributed by atoms with van der Waals surface area (Å²) in [6.07, 6.45) is 5.77. The summed E-state index contributed by atoms with van der Waals surface area (Å²) >= 11 is 0. The zero-order valence-electron chi connectivity index (χ0n) is 12.7. The van der Waals surface area contributed by atoms with E-state index in [2.05, 4.69) is 13.0 Å². The van der Waals surface area contributed by atoms with E-state index in [1.165, 1.54) is 19.3 Å². The van der Waals surface area contributed by atoms with E-state index < -0.39 is 0 Å². The van der Waals surface area contributed by atoms with E-state index in [1.54, 1.807) is 0 Å². The Morgan fingerprint density at radius 1 is 1.10 bits per heavy atom. The predicted octanol–water partition coefficient (Wildman–Crippen LogP) is 3.82. The monoisotopic (exact) mass is 277 g/mol. The molecule has 2 N–H and O–H groups in total. The second-order valence-electron chi connectivity index (χ2n) is 5.51. The molecule has 0 aromatic heterocycles. The fourth-order valence-corrected chi connectivity index (χ4v) is 3.29. The molecule has 3 nitrogen and oxygen atoms in total. The second-order valence-corrected chi connectivity index (χ2v) is 5.51. The quantitative estimate of drug-likeness (QED) is 0.859. The lowest BCUT2D eigenvalue weighted by Gasteiger charge is -2.42. The third kappa shape index (κ3) is 3.15. The van der Waals surface area contributed by atoms with Crippen LogP contribution in [0.3, 0.4) is 0 Å². The maximum Gasteiger partial charge on any atom is 0.124 e. The summed E-state index contributed by atoms with van der Waals surface area (Å²) in [7, 11) is 0. The molecule has 1 aliphatic carbocycles. The minimum absolute atomic E-state index is 0.120. The normalized spacial score (nSPS) is 19.6. The number of nitrogens with two attached hydrogens (primary N) is 1. The van der Waals surface area contributed by atoms with E-state index in [1.807, 2.05) is 25.1 Å². The van der Waals surface area contributed by atoms with Crippen LogP contribution in [0.4, 0.5) is 0 Å². The molecule has 1 aliphatic rings. The highest BCUT2D eigenvalue weighted by molar-refractivity contribution is 5.37. The van der Waals surface area contributed by atoms with Gasteiger partial charge in [0.1, 0.15) is 5.75 Å². The summed E-state index contributed by atoms with van der Waals surface area (Å²) < 4.78 is 11.9. The second kappa shape index (κ2) is 7.09. The summed E-state index contributed by atoms with van der Waals surface area (Å²) in [5.41, 5.74) is 7.47. The van der Waals surface area contributed by atoms with Crippen molar-refractivity contribution in [3.05, 3.63) is 29.8 Å². The van der Waals surface area contributed by atoms with Crippen molar-refractivity contribution in [1.82, 2.24) is 0 Å². The van der Waals surface area contributed by atoms with E-state index in [4.69, 9.17) is 15.2 Å². The smallest absolute Gasteiger partial charge is 0.124 e. The van der Waals surface area contributed by atoms with E-state index >= 15 is 0 Å². The lowest BCUT2D eigenvalue weighted by molar-refractivity contribution is -0.0834. The molecule has 0 radical (unpaired) electrons. The van der Waals surface area contributed by atoms with Crippen LogP contribution in [0.1, 0.15) is 57.6 Å². The summed E-state index contributed by atoms with van der Waals surface area (Å²) in [5.74, 6) is 0.896. The van der Waals surface area contributed by atoms with Crippen molar-refractivity contribution in [2.75, 3.05) is 13.2 Å². The molecule has 1 unspecified atom stereocenters. The van der Waals surface area contributed by atoms with Crippen molar-refractivity contribution >= 4 is 0 Å². The molecule has 0 aliphatic heterocycles. The Balaban J connectivity index is 2.29. The van der Waals surface area contributed by atoms with Crippen molar-refractivity contribution in [2.45, 2.75) is 57.6 Å². The van der Waals surface area contributed by atoms with Gasteiger partial charge in [0.25, 0.3) is 0 Å². The van der Waals surface area contributed by atoms with Gasteiger partial charge in [0.15, 0.2) is 0 Å². The first-order chi connectivity index (χ1) is 9.73. The van der Waals surface area contributed by atoms with Crippen LogP contribution in [0.15, 0.2) is 24.3 Å². The molecule has 0 saturated heterocycles. The number of rotatable bonds is 6. The van der Waals surface area contributed by atoms with Gasteiger partial charge in [0.05, 0.1) is 18.2 Å². The van der Waals surface area contributed by atoms with Crippen LogP contribution in [-0.4, -0.2) is 18.8 Å². The van der Waals surface area contributed by atoms with Gasteiger partial charge >= 0.3 is 0 Å². The third-order valence-corrected chi connectivity index (χ3v) is 4.25. The minimum atomic E-state index is -0.222. The Labute approximate surface area is 122 Å². The summed E-state index contributed by atoms with van der Waals surface area (Å²) in [6, 6.07) is 7.98. The Kier molecular flexibility index (Phi) is 5.44. The minimum Gasteiger partial charge on any atom is -0.494 e. The lowest BCUT2D eigenvalue weighted by atomic mass is 9.77. The summed E-state index contributed by atoms with van der Waals surface area (Å²) in [4.78, 5) is 0. The van der Waals surface area contributed by atoms with E-state index in [0.717, 1.165) is 24.2 Å². The number of ether oxygens (including phenoxy) is 2. The average molecular weight is 277 g/mol. The van der Waals surface area contributed by atoms with E-state index in [9.17, 15) is 0 Å². The van der Waals surface area contributed by atoms with Crippen LogP contribution in [0.5, 0.6) is 5.75 Å². The van der Waals surface area contributed by atoms with Gasteiger partial charge in [-0.05, 0) is 32.8 Å². The molecule has 1 aromatic carbocycles. The Morgan fingerprint density at radius 2 is 1.80 bits per heavy atom. The van der Waals surface area contributed by atoms with Gasteiger partial charge in [-0.1, -0.05) is 37.5 Å². The van der Waals surface area contributed by atoms with Gasteiger partial charge < -0.3 is 15.2 Å². The molecular formula is C17H27NO2. The number of hydrogen-bond acceptors (Lipinski definition) is 3. The van der Waals surface area contributed by atoms with Crippen molar-refractivity contribution in [3.8, 4) is 5.75 Å². The molecule has 1 saturated carbocycles. The maximum absolute atomic E-state index is 6.62. The first kappa shape index (κ1) is 15.3. The molecule has 0 heterocycles. The van der Waals surface area contributed by atoms with Gasteiger partial charge in [-0.15, -0.1) is 0 Å². The van der Waals surface area contributed by atoms with Crippen LogP contribution in [0, 0.1) is 0 Å². The zero-order chi connectivity index (χ0) is 14.4. The van der Waals surface area contributed by atoms with Crippen LogP contribution >= 0.6 is 0 Å². The highest BCUT2D eigenvalue weighted by atomic mass is 16.5. The molecule has 112 valence electrons. The molecule has 1 fully saturated rings. The average Bonchev–Trinajstić information content (AvgIpc) is 2.49. The van der Waals surface area contributed by atoms with Gasteiger partial charge in [-0.2, -0.15) is 0 Å². The molecule has 2 rings (SSSR count). The fraction of sp³-hybridized carbons (Fsp3) is 0.647. The number of para-hydroxylation sites is 1. The summed E-state index contributed by atoms with van der Waals surface area (Å²) in [6.45, 7) is 5.43. The molecule has 3 heteroatoms. The first-order valence-electron chi connectivity index (χ1n) is 7.84. The Morgan fingerprint density at radius 3 is 2.45 bits per heavy atom. The molecule has 0 spiro atoms. The Bertz CT molecular complexity index is 408. The third-order valence-electron chi connectivity index (χ3n) is 4.25. The zero-order valence-corrected chi connectivity index (χ0v) is 12.7. The van der Waals surface area contributed by atoms with Gasteiger partial charge in [0.2, 0.25) is 0 Å². The van der Waals surface area contributed by atoms with Crippen LogP contribution in [0.25, 0.3) is 0 Å². The van der Waals surface area contributed by atoms with Crippen LogP contribution < -0.4 is 10.5 Å². The largest absolute Gasteiger partial charge is 0.494 e. The molecule has 20 heavy (non-hydrogen) atoms. The fourth-order valence-electron chi connectivity index (χ4n) is 3.29. The first-order valence-corrected chi connectivity index (χ1v) is 7.84. The SMILES string of the molecule is CCOc1ccccc1C(N)C1(OCC)CCCCC1. The number of benzene rings is 1. The van der Waals surface area contributed by atoms with Crippen molar-refractivity contribution in [2.24, 2.45) is 5.73 Å². The van der Waals surface area contributed by atoms with E-state index in [-0.39, 0.29) is 11.6 Å². The predicted molar refractivity (Wildman–Crippen MR) is 82.0 cm³/mol. The molecule has 1 atom stereocenters. The maximum atomic E-state index is 6.62. The molecule has 1 aromatic rings. The topological polar surface area (TPSA) is 44.5 Å². The Hall–Kier alpha value is -1.06. The molecule has 0 amide bonds. The lowest BCUT2D eigenvalue weighted by Crippen LogP contribution is -2.45. The van der Waals surface area contributed by atoms with E-state index in [0.29, 0.717) is 13.2 Å².